The molecule has 1 aliphatic heterocycles. The number of unbranched alkanes of at least 4 members (excludes halogenated alkanes) is 1. The van der Waals surface area contributed by atoms with Crippen LogP contribution in [0.4, 0.5) is 13.2 Å². The minimum Gasteiger partial charge on any atom is -0.494 e. The van der Waals surface area contributed by atoms with E-state index in [1.807, 2.05) is 0 Å². The minimum absolute atomic E-state index is 0.0171. The van der Waals surface area contributed by atoms with Crippen LogP contribution < -0.4 is 14.2 Å². The van der Waals surface area contributed by atoms with Gasteiger partial charge in [0.05, 0.1) is 13.2 Å². The molecule has 0 spiro atoms. The first-order valence-corrected chi connectivity index (χ1v) is 10.4. The lowest BCUT2D eigenvalue weighted by atomic mass is 9.95. The molecular weight excluding hydrogens is 405 g/mol. The van der Waals surface area contributed by atoms with Crippen LogP contribution in [0.3, 0.4) is 0 Å². The van der Waals surface area contributed by atoms with Crippen molar-refractivity contribution in [1.29, 1.82) is 0 Å². The van der Waals surface area contributed by atoms with Crippen molar-refractivity contribution in [3.63, 3.8) is 0 Å². The van der Waals surface area contributed by atoms with E-state index in [2.05, 4.69) is 6.92 Å². The van der Waals surface area contributed by atoms with Crippen LogP contribution in [0.25, 0.3) is 11.1 Å². The predicted molar refractivity (Wildman–Crippen MR) is 113 cm³/mol. The molecule has 0 radical (unpaired) electrons. The van der Waals surface area contributed by atoms with Crippen LogP contribution in [0.2, 0.25) is 0 Å². The van der Waals surface area contributed by atoms with Gasteiger partial charge in [-0.25, -0.2) is 4.39 Å². The lowest BCUT2D eigenvalue weighted by Crippen LogP contribution is -2.10. The molecule has 0 saturated carbocycles. The maximum atomic E-state index is 14.9. The van der Waals surface area contributed by atoms with E-state index in [0.717, 1.165) is 12.8 Å². The van der Waals surface area contributed by atoms with E-state index >= 15 is 0 Å². The predicted octanol–water partition coefficient (Wildman–Crippen LogP) is 7.05. The second-order valence-electron chi connectivity index (χ2n) is 7.34. The van der Waals surface area contributed by atoms with Gasteiger partial charge in [-0.1, -0.05) is 31.5 Å². The van der Waals surface area contributed by atoms with Crippen LogP contribution in [0, 0.1) is 17.5 Å². The molecule has 0 amide bonds. The maximum Gasteiger partial charge on any atom is 0.207 e. The lowest BCUT2D eigenvalue weighted by molar-refractivity contribution is 0.309. The summed E-state index contributed by atoms with van der Waals surface area (Å²) in [6, 6.07) is 11.6. The molecule has 0 fully saturated rings. The number of hydrogen-bond donors (Lipinski definition) is 0. The van der Waals surface area contributed by atoms with Gasteiger partial charge in [0.1, 0.15) is 5.75 Å². The molecule has 4 rings (SSSR count). The highest BCUT2D eigenvalue weighted by Gasteiger charge is 2.29. The highest BCUT2D eigenvalue weighted by molar-refractivity contribution is 5.69. The van der Waals surface area contributed by atoms with Crippen LogP contribution in [0.5, 0.6) is 23.0 Å². The molecule has 0 unspecified atom stereocenters. The van der Waals surface area contributed by atoms with Gasteiger partial charge in [-0.05, 0) is 43.2 Å². The third kappa shape index (κ3) is 4.07. The molecule has 0 aromatic heterocycles. The SMILES string of the molecule is CCCCOc1ccc(-c2cc3c(c(F)c2F)Oc2c(ccc(OCC)c2F)C3)cc1. The van der Waals surface area contributed by atoms with Gasteiger partial charge in [0.25, 0.3) is 0 Å². The molecule has 162 valence electrons. The Kier molecular flexibility index (Phi) is 6.07. The molecule has 0 N–H and O–H groups in total. The first-order chi connectivity index (χ1) is 15.0. The van der Waals surface area contributed by atoms with Crippen molar-refractivity contribution in [2.45, 2.75) is 33.1 Å². The summed E-state index contributed by atoms with van der Waals surface area (Å²) in [5.41, 5.74) is 1.64. The summed E-state index contributed by atoms with van der Waals surface area (Å²) in [5, 5.41) is 0. The number of ether oxygens (including phenoxy) is 3. The Morgan fingerprint density at radius 2 is 1.58 bits per heavy atom. The summed E-state index contributed by atoms with van der Waals surface area (Å²) in [6.07, 6.45) is 2.19. The third-order valence-corrected chi connectivity index (χ3v) is 5.20. The molecule has 3 aromatic rings. The number of hydrogen-bond acceptors (Lipinski definition) is 3. The number of halogens is 3. The number of benzene rings is 3. The fourth-order valence-electron chi connectivity index (χ4n) is 3.58. The van der Waals surface area contributed by atoms with E-state index in [1.54, 1.807) is 43.3 Å². The summed E-state index contributed by atoms with van der Waals surface area (Å²) in [5.74, 6) is -2.62. The summed E-state index contributed by atoms with van der Waals surface area (Å²) in [7, 11) is 0. The van der Waals surface area contributed by atoms with Gasteiger partial charge < -0.3 is 14.2 Å². The Balaban J connectivity index is 1.66. The van der Waals surface area contributed by atoms with Crippen LogP contribution >= 0.6 is 0 Å². The van der Waals surface area contributed by atoms with Crippen molar-refractivity contribution < 1.29 is 27.4 Å². The van der Waals surface area contributed by atoms with E-state index < -0.39 is 17.5 Å². The van der Waals surface area contributed by atoms with Crippen LogP contribution in [0.1, 0.15) is 37.8 Å². The quantitative estimate of drug-likeness (QED) is 0.295. The zero-order valence-electron chi connectivity index (χ0n) is 17.4. The Hall–Kier alpha value is -3.15. The summed E-state index contributed by atoms with van der Waals surface area (Å²) in [6.45, 7) is 4.70. The molecule has 3 aromatic carbocycles. The van der Waals surface area contributed by atoms with E-state index in [4.69, 9.17) is 14.2 Å². The summed E-state index contributed by atoms with van der Waals surface area (Å²) < 4.78 is 60.8. The van der Waals surface area contributed by atoms with Gasteiger partial charge in [0.2, 0.25) is 11.6 Å². The molecule has 0 saturated heterocycles. The van der Waals surface area contributed by atoms with Crippen molar-refractivity contribution in [2.24, 2.45) is 0 Å². The molecule has 6 heteroatoms. The highest BCUT2D eigenvalue weighted by Crippen LogP contribution is 2.44. The largest absolute Gasteiger partial charge is 0.494 e. The first-order valence-electron chi connectivity index (χ1n) is 10.4. The van der Waals surface area contributed by atoms with E-state index in [-0.39, 0.29) is 35.8 Å². The van der Waals surface area contributed by atoms with E-state index in [1.165, 1.54) is 6.07 Å². The smallest absolute Gasteiger partial charge is 0.207 e. The average Bonchev–Trinajstić information content (AvgIpc) is 2.78. The normalized spacial score (nSPS) is 12.0. The molecule has 0 aliphatic carbocycles. The van der Waals surface area contributed by atoms with Crippen molar-refractivity contribution in [3.8, 4) is 34.1 Å². The monoisotopic (exact) mass is 428 g/mol. The zero-order valence-corrected chi connectivity index (χ0v) is 17.4. The van der Waals surface area contributed by atoms with Gasteiger partial charge in [0, 0.05) is 23.1 Å². The Morgan fingerprint density at radius 1 is 0.839 bits per heavy atom. The number of rotatable bonds is 7. The molecule has 31 heavy (non-hydrogen) atoms. The Bertz CT molecular complexity index is 1090. The highest BCUT2D eigenvalue weighted by atomic mass is 19.2. The molecule has 1 heterocycles. The topological polar surface area (TPSA) is 27.7 Å². The average molecular weight is 428 g/mol. The second kappa shape index (κ2) is 8.92. The van der Waals surface area contributed by atoms with Crippen molar-refractivity contribution in [2.75, 3.05) is 13.2 Å². The molecule has 0 atom stereocenters. The lowest BCUT2D eigenvalue weighted by Gasteiger charge is -2.23. The molecular formula is C25H23F3O3. The van der Waals surface area contributed by atoms with Gasteiger partial charge in [0.15, 0.2) is 23.1 Å². The van der Waals surface area contributed by atoms with Crippen LogP contribution in [-0.2, 0) is 6.42 Å². The van der Waals surface area contributed by atoms with Crippen molar-refractivity contribution in [3.05, 3.63) is 71.0 Å². The maximum absolute atomic E-state index is 14.9. The fraction of sp³-hybridized carbons (Fsp3) is 0.280. The third-order valence-electron chi connectivity index (χ3n) is 5.20. The van der Waals surface area contributed by atoms with Gasteiger partial charge >= 0.3 is 0 Å². The molecule has 3 nitrogen and oxygen atoms in total. The standard InChI is InChI=1S/C25H23F3O3/c1-3-5-12-30-18-9-6-15(7-10-18)19-14-17-13-16-8-11-20(29-4-2)22(27)24(16)31-25(17)23(28)21(19)26/h6-11,14H,3-5,12-13H2,1-2H3. The fourth-order valence-corrected chi connectivity index (χ4v) is 3.58. The minimum atomic E-state index is -1.14. The van der Waals surface area contributed by atoms with Crippen molar-refractivity contribution >= 4 is 0 Å². The Labute approximate surface area is 179 Å². The van der Waals surface area contributed by atoms with E-state index in [9.17, 15) is 13.2 Å². The second-order valence-corrected chi connectivity index (χ2v) is 7.34. The van der Waals surface area contributed by atoms with E-state index in [0.29, 0.717) is 29.0 Å². The first kappa shape index (κ1) is 21.1. The number of fused-ring (bicyclic) bond motifs is 2. The molecule has 0 bridgehead atoms. The van der Waals surface area contributed by atoms with Crippen LogP contribution in [0.15, 0.2) is 42.5 Å². The summed E-state index contributed by atoms with van der Waals surface area (Å²) in [4.78, 5) is 0. The zero-order chi connectivity index (χ0) is 22.0. The van der Waals surface area contributed by atoms with Crippen LogP contribution in [-0.4, -0.2) is 13.2 Å². The van der Waals surface area contributed by atoms with Crippen molar-refractivity contribution in [1.82, 2.24) is 0 Å². The van der Waals surface area contributed by atoms with Gasteiger partial charge in [-0.3, -0.25) is 0 Å². The van der Waals surface area contributed by atoms with Gasteiger partial charge in [-0.2, -0.15) is 8.78 Å². The summed E-state index contributed by atoms with van der Waals surface area (Å²) >= 11 is 0. The Morgan fingerprint density at radius 3 is 2.29 bits per heavy atom. The molecule has 1 aliphatic rings. The van der Waals surface area contributed by atoms with Gasteiger partial charge in [-0.15, -0.1) is 0 Å².